The average Bonchev–Trinajstić information content (AvgIpc) is 2.25. The van der Waals surface area contributed by atoms with Crippen LogP contribution in [-0.4, -0.2) is 4.98 Å². The Morgan fingerprint density at radius 1 is 1.31 bits per heavy atom. The van der Waals surface area contributed by atoms with Gasteiger partial charge in [-0.25, -0.2) is 9.37 Å². The molecule has 0 aliphatic rings. The lowest BCUT2D eigenvalue weighted by Gasteiger charge is -2.05. The molecule has 0 spiro atoms. The van der Waals surface area contributed by atoms with Gasteiger partial charge < -0.3 is 5.73 Å². The predicted molar refractivity (Wildman–Crippen MR) is 63.9 cm³/mol. The monoisotopic (exact) mass is 234 g/mol. The summed E-state index contributed by atoms with van der Waals surface area (Å²) in [5.74, 6) is -0.255. The van der Waals surface area contributed by atoms with Crippen molar-refractivity contribution in [3.05, 3.63) is 47.9 Å². The summed E-state index contributed by atoms with van der Waals surface area (Å²) in [6.07, 6.45) is 1.72. The molecule has 1 aromatic carbocycles. The fourth-order valence-corrected chi connectivity index (χ4v) is 2.10. The number of rotatable bonds is 2. The second-order valence-corrected chi connectivity index (χ2v) is 4.47. The van der Waals surface area contributed by atoms with E-state index in [-0.39, 0.29) is 5.82 Å². The number of nitrogens with zero attached hydrogens (tertiary/aromatic N) is 1. The van der Waals surface area contributed by atoms with Crippen molar-refractivity contribution in [2.24, 2.45) is 0 Å². The Hall–Kier alpha value is -1.55. The van der Waals surface area contributed by atoms with Gasteiger partial charge in [0.05, 0.1) is 5.69 Å². The van der Waals surface area contributed by atoms with Crippen molar-refractivity contribution >= 4 is 17.4 Å². The first-order chi connectivity index (χ1) is 7.66. The van der Waals surface area contributed by atoms with E-state index in [1.54, 1.807) is 24.4 Å². The van der Waals surface area contributed by atoms with Gasteiger partial charge in [-0.15, -0.1) is 0 Å². The van der Waals surface area contributed by atoms with Crippen LogP contribution in [0.25, 0.3) is 0 Å². The molecule has 2 aromatic rings. The van der Waals surface area contributed by atoms with Crippen molar-refractivity contribution in [1.82, 2.24) is 4.98 Å². The highest BCUT2D eigenvalue weighted by atomic mass is 32.2. The zero-order chi connectivity index (χ0) is 11.5. The molecule has 0 aliphatic carbocycles. The molecule has 2 rings (SSSR count). The molecule has 4 heteroatoms. The minimum absolute atomic E-state index is 0.255. The van der Waals surface area contributed by atoms with Crippen LogP contribution in [-0.2, 0) is 0 Å². The third kappa shape index (κ3) is 2.33. The number of anilines is 1. The van der Waals surface area contributed by atoms with E-state index in [0.29, 0.717) is 15.6 Å². The summed E-state index contributed by atoms with van der Waals surface area (Å²) in [5, 5.41) is 0.635. The highest BCUT2D eigenvalue weighted by Crippen LogP contribution is 2.31. The van der Waals surface area contributed by atoms with Crippen LogP contribution in [0.15, 0.2) is 46.5 Å². The highest BCUT2D eigenvalue weighted by molar-refractivity contribution is 7.99. The summed E-state index contributed by atoms with van der Waals surface area (Å²) < 4.78 is 13.4. The second kappa shape index (κ2) is 4.53. The molecular formula is C12H11FN2S. The van der Waals surface area contributed by atoms with E-state index in [9.17, 15) is 4.39 Å². The van der Waals surface area contributed by atoms with Gasteiger partial charge in [-0.05, 0) is 30.7 Å². The molecule has 1 heterocycles. The SMILES string of the molecule is Cc1cnc(Sc2ccccc2F)c(N)c1. The van der Waals surface area contributed by atoms with E-state index in [1.807, 2.05) is 13.0 Å². The van der Waals surface area contributed by atoms with Crippen molar-refractivity contribution in [2.45, 2.75) is 16.8 Å². The Bertz CT molecular complexity index is 514. The zero-order valence-electron chi connectivity index (χ0n) is 8.77. The Balaban J connectivity index is 2.31. The first-order valence-corrected chi connectivity index (χ1v) is 5.63. The average molecular weight is 234 g/mol. The summed E-state index contributed by atoms with van der Waals surface area (Å²) in [4.78, 5) is 4.72. The quantitative estimate of drug-likeness (QED) is 0.866. The molecule has 0 saturated heterocycles. The van der Waals surface area contributed by atoms with Gasteiger partial charge in [-0.2, -0.15) is 0 Å². The van der Waals surface area contributed by atoms with Gasteiger partial charge in [0.2, 0.25) is 0 Å². The summed E-state index contributed by atoms with van der Waals surface area (Å²) in [5.41, 5.74) is 7.39. The lowest BCUT2D eigenvalue weighted by molar-refractivity contribution is 0.602. The van der Waals surface area contributed by atoms with Crippen LogP contribution in [0.3, 0.4) is 0 Å². The Morgan fingerprint density at radius 2 is 2.06 bits per heavy atom. The lowest BCUT2D eigenvalue weighted by atomic mass is 10.3. The predicted octanol–water partition coefficient (Wildman–Crippen LogP) is 3.26. The highest BCUT2D eigenvalue weighted by Gasteiger charge is 2.07. The van der Waals surface area contributed by atoms with Crippen LogP contribution in [0.5, 0.6) is 0 Å². The van der Waals surface area contributed by atoms with Gasteiger partial charge in [-0.3, -0.25) is 0 Å². The molecule has 0 bridgehead atoms. The van der Waals surface area contributed by atoms with Crippen LogP contribution in [0.4, 0.5) is 10.1 Å². The molecule has 2 N–H and O–H groups in total. The van der Waals surface area contributed by atoms with Crippen LogP contribution >= 0.6 is 11.8 Å². The number of hydrogen-bond acceptors (Lipinski definition) is 3. The van der Waals surface area contributed by atoms with Crippen molar-refractivity contribution in [1.29, 1.82) is 0 Å². The van der Waals surface area contributed by atoms with Crippen LogP contribution in [0.1, 0.15) is 5.56 Å². The lowest BCUT2D eigenvalue weighted by Crippen LogP contribution is -1.93. The summed E-state index contributed by atoms with van der Waals surface area (Å²) in [7, 11) is 0. The molecule has 16 heavy (non-hydrogen) atoms. The van der Waals surface area contributed by atoms with Crippen LogP contribution < -0.4 is 5.73 Å². The number of nitrogen functional groups attached to an aromatic ring is 1. The summed E-state index contributed by atoms with van der Waals surface area (Å²) >= 11 is 1.24. The van der Waals surface area contributed by atoms with E-state index < -0.39 is 0 Å². The number of nitrogens with two attached hydrogens (primary N) is 1. The van der Waals surface area contributed by atoms with Gasteiger partial charge in [0, 0.05) is 11.1 Å². The molecule has 0 unspecified atom stereocenters. The number of halogens is 1. The van der Waals surface area contributed by atoms with Crippen molar-refractivity contribution < 1.29 is 4.39 Å². The number of pyridine rings is 1. The molecule has 0 atom stereocenters. The Labute approximate surface area is 97.7 Å². The molecular weight excluding hydrogens is 223 g/mol. The molecule has 0 radical (unpaired) electrons. The maximum Gasteiger partial charge on any atom is 0.137 e. The summed E-state index contributed by atoms with van der Waals surface area (Å²) in [6, 6.07) is 8.41. The molecule has 0 amide bonds. The van der Waals surface area contributed by atoms with Crippen molar-refractivity contribution in [3.8, 4) is 0 Å². The topological polar surface area (TPSA) is 38.9 Å². The van der Waals surface area contributed by atoms with Crippen molar-refractivity contribution in [2.75, 3.05) is 5.73 Å². The maximum atomic E-state index is 13.4. The molecule has 82 valence electrons. The van der Waals surface area contributed by atoms with E-state index >= 15 is 0 Å². The van der Waals surface area contributed by atoms with E-state index in [2.05, 4.69) is 4.98 Å². The Kier molecular flexibility index (Phi) is 3.10. The minimum Gasteiger partial charge on any atom is -0.397 e. The smallest absolute Gasteiger partial charge is 0.137 e. The van der Waals surface area contributed by atoms with Crippen LogP contribution in [0.2, 0.25) is 0 Å². The maximum absolute atomic E-state index is 13.4. The zero-order valence-corrected chi connectivity index (χ0v) is 9.59. The van der Waals surface area contributed by atoms with E-state index in [4.69, 9.17) is 5.73 Å². The van der Waals surface area contributed by atoms with Crippen molar-refractivity contribution in [3.63, 3.8) is 0 Å². The van der Waals surface area contributed by atoms with Gasteiger partial charge in [0.15, 0.2) is 0 Å². The standard InChI is InChI=1S/C12H11FN2S/c1-8-6-10(14)12(15-7-8)16-11-5-3-2-4-9(11)13/h2-7H,14H2,1H3. The van der Waals surface area contributed by atoms with Gasteiger partial charge >= 0.3 is 0 Å². The van der Waals surface area contributed by atoms with Gasteiger partial charge in [0.1, 0.15) is 10.8 Å². The fourth-order valence-electron chi connectivity index (χ4n) is 1.30. The normalized spacial score (nSPS) is 10.4. The number of aromatic nitrogens is 1. The molecule has 0 saturated carbocycles. The molecule has 0 aliphatic heterocycles. The minimum atomic E-state index is -0.255. The first-order valence-electron chi connectivity index (χ1n) is 4.81. The number of aryl methyl sites for hydroxylation is 1. The largest absolute Gasteiger partial charge is 0.397 e. The third-order valence-corrected chi connectivity index (χ3v) is 3.14. The number of benzene rings is 1. The van der Waals surface area contributed by atoms with E-state index in [0.717, 1.165) is 5.56 Å². The summed E-state index contributed by atoms with van der Waals surface area (Å²) in [6.45, 7) is 1.92. The second-order valence-electron chi connectivity index (χ2n) is 3.44. The molecule has 2 nitrogen and oxygen atoms in total. The van der Waals surface area contributed by atoms with E-state index in [1.165, 1.54) is 17.8 Å². The number of hydrogen-bond donors (Lipinski definition) is 1. The third-order valence-electron chi connectivity index (χ3n) is 2.06. The Morgan fingerprint density at radius 3 is 2.75 bits per heavy atom. The molecule has 0 fully saturated rings. The van der Waals surface area contributed by atoms with Gasteiger partial charge in [0.25, 0.3) is 0 Å². The van der Waals surface area contributed by atoms with Crippen LogP contribution in [0, 0.1) is 12.7 Å². The fraction of sp³-hybridized carbons (Fsp3) is 0.0833. The molecule has 1 aromatic heterocycles. The first kappa shape index (κ1) is 11.0. The van der Waals surface area contributed by atoms with Gasteiger partial charge in [-0.1, -0.05) is 23.9 Å².